The van der Waals surface area contributed by atoms with E-state index in [1.165, 1.54) is 0 Å². The van der Waals surface area contributed by atoms with E-state index in [-0.39, 0.29) is 16.3 Å². The van der Waals surface area contributed by atoms with Gasteiger partial charge in [0.05, 0.1) is 11.5 Å². The van der Waals surface area contributed by atoms with E-state index in [0.717, 1.165) is 28.5 Å². The highest BCUT2D eigenvalue weighted by Crippen LogP contribution is 2.33. The van der Waals surface area contributed by atoms with Crippen LogP contribution >= 0.6 is 23.5 Å². The van der Waals surface area contributed by atoms with Crippen molar-refractivity contribution < 1.29 is 0 Å². The monoisotopic (exact) mass is 362 g/mol. The molecule has 0 radical (unpaired) electrons. The number of aromatic amines is 1. The lowest BCUT2D eigenvalue weighted by Crippen LogP contribution is -2.23. The summed E-state index contributed by atoms with van der Waals surface area (Å²) in [6.45, 7) is 3.72. The predicted octanol–water partition coefficient (Wildman–Crippen LogP) is 3.24. The Morgan fingerprint density at radius 3 is 2.75 bits per heavy atom. The minimum Gasteiger partial charge on any atom is -0.400 e. The van der Waals surface area contributed by atoms with Crippen LogP contribution in [0.4, 0.5) is 0 Å². The fraction of sp³-hybridized carbons (Fsp3) is 0.294. The van der Waals surface area contributed by atoms with Gasteiger partial charge in [0, 0.05) is 23.2 Å². The molecule has 1 unspecified atom stereocenters. The van der Waals surface area contributed by atoms with Gasteiger partial charge in [0.2, 0.25) is 0 Å². The molecule has 0 aliphatic rings. The number of nitriles is 1. The Balaban J connectivity index is 2.53. The Kier molecular flexibility index (Phi) is 5.60. The van der Waals surface area contributed by atoms with Crippen LogP contribution in [0.1, 0.15) is 31.4 Å². The fourth-order valence-electron chi connectivity index (χ4n) is 2.58. The highest BCUT2D eigenvalue weighted by Gasteiger charge is 2.28. The second-order valence-corrected chi connectivity index (χ2v) is 7.06. The Hall–Kier alpha value is -1.94. The van der Waals surface area contributed by atoms with Gasteiger partial charge in [0.25, 0.3) is 5.56 Å². The van der Waals surface area contributed by atoms with E-state index in [0.29, 0.717) is 17.6 Å². The maximum Gasteiger partial charge on any atom is 0.251 e. The number of nitrogens with two attached hydrogens (primary N) is 2. The number of H-pyrrole nitrogens is 1. The molecule has 1 atom stereocenters. The molecular weight excluding hydrogens is 344 g/mol. The lowest BCUT2D eigenvalue weighted by Gasteiger charge is -2.23. The number of hydrogen-bond donors (Lipinski definition) is 3. The van der Waals surface area contributed by atoms with Crippen LogP contribution in [0.15, 0.2) is 39.1 Å². The van der Waals surface area contributed by atoms with Crippen molar-refractivity contribution in [2.24, 2.45) is 10.9 Å². The number of pyridine rings is 1. The molecule has 0 spiro atoms. The molecule has 0 aliphatic heterocycles. The zero-order valence-electron chi connectivity index (χ0n) is 13.5. The van der Waals surface area contributed by atoms with E-state index < -0.39 is 5.41 Å². The number of fused-ring (bicyclic) bond motifs is 1. The number of nitrogens with one attached hydrogen (secondary N) is 1. The van der Waals surface area contributed by atoms with Gasteiger partial charge in [0.15, 0.2) is 0 Å². The van der Waals surface area contributed by atoms with Crippen molar-refractivity contribution in [2.45, 2.75) is 32.1 Å². The largest absolute Gasteiger partial charge is 0.400 e. The van der Waals surface area contributed by atoms with Gasteiger partial charge in [-0.3, -0.25) is 9.93 Å². The second-order valence-electron chi connectivity index (χ2n) is 5.82. The normalized spacial score (nSPS) is 14.8. The zero-order chi connectivity index (χ0) is 17.9. The summed E-state index contributed by atoms with van der Waals surface area (Å²) in [4.78, 5) is 14.9. The van der Waals surface area contributed by atoms with E-state index in [1.54, 1.807) is 6.92 Å². The minimum atomic E-state index is -0.880. The summed E-state index contributed by atoms with van der Waals surface area (Å²) in [6.07, 6.45) is 0.912. The average Bonchev–Trinajstić information content (AvgIpc) is 2.59. The number of aryl methyl sites for hydroxylation is 1. The van der Waals surface area contributed by atoms with E-state index in [2.05, 4.69) is 11.1 Å². The third-order valence-corrected chi connectivity index (χ3v) is 5.07. The first kappa shape index (κ1) is 18.4. The second kappa shape index (κ2) is 7.31. The molecule has 2 rings (SSSR count). The number of nitrogens with zero attached hydrogens (tertiary/aromatic N) is 1. The van der Waals surface area contributed by atoms with Crippen LogP contribution in [-0.4, -0.2) is 4.98 Å². The molecule has 1 aromatic carbocycles. The van der Waals surface area contributed by atoms with Gasteiger partial charge in [-0.2, -0.15) is 5.26 Å². The third-order valence-electron chi connectivity index (χ3n) is 4.09. The van der Waals surface area contributed by atoms with Crippen LogP contribution in [0.2, 0.25) is 0 Å². The molecule has 1 aromatic heterocycles. The Morgan fingerprint density at radius 2 is 2.17 bits per heavy atom. The Labute approximate surface area is 149 Å². The molecule has 24 heavy (non-hydrogen) atoms. The van der Waals surface area contributed by atoms with Crippen molar-refractivity contribution in [3.8, 4) is 6.07 Å². The molecule has 0 bridgehead atoms. The Bertz CT molecular complexity index is 900. The van der Waals surface area contributed by atoms with E-state index in [9.17, 15) is 10.1 Å². The third kappa shape index (κ3) is 3.59. The molecule has 0 amide bonds. The van der Waals surface area contributed by atoms with Gasteiger partial charge in [-0.25, -0.2) is 0 Å². The van der Waals surface area contributed by atoms with Crippen molar-refractivity contribution in [3.05, 3.63) is 55.8 Å². The van der Waals surface area contributed by atoms with Crippen LogP contribution in [0.3, 0.4) is 0 Å². The van der Waals surface area contributed by atoms with Crippen LogP contribution < -0.4 is 16.4 Å². The molecule has 126 valence electrons. The molecule has 1 heterocycles. The lowest BCUT2D eigenvalue weighted by atomic mass is 9.80. The molecule has 5 nitrogen and oxygen atoms in total. The van der Waals surface area contributed by atoms with Crippen molar-refractivity contribution in [3.63, 3.8) is 0 Å². The number of rotatable bonds is 5. The zero-order valence-corrected chi connectivity index (χ0v) is 15.1. The standard InChI is InChI=1S/C17H19ClN4OS/c1-3-10-6-11-4-5-12(7-14(11)22-16(10)23)17(2,9-19)8-13(20)15(18)24-21/h4-7H,3,8,20-21H2,1-2H3,(H,22,23)/b15-13-. The first-order valence-corrected chi connectivity index (χ1v) is 8.69. The summed E-state index contributed by atoms with van der Waals surface area (Å²) >= 11 is 6.80. The number of halogens is 1. The number of allylic oxidation sites excluding steroid dienone is 1. The molecule has 0 saturated heterocycles. The molecule has 2 aromatic rings. The van der Waals surface area contributed by atoms with Gasteiger partial charge in [-0.1, -0.05) is 30.7 Å². The van der Waals surface area contributed by atoms with E-state index in [1.807, 2.05) is 31.2 Å². The predicted molar refractivity (Wildman–Crippen MR) is 100 cm³/mol. The Morgan fingerprint density at radius 1 is 1.46 bits per heavy atom. The highest BCUT2D eigenvalue weighted by atomic mass is 35.5. The van der Waals surface area contributed by atoms with Gasteiger partial charge >= 0.3 is 0 Å². The van der Waals surface area contributed by atoms with Crippen LogP contribution in [0.5, 0.6) is 0 Å². The average molecular weight is 363 g/mol. The lowest BCUT2D eigenvalue weighted by molar-refractivity contribution is 0.600. The van der Waals surface area contributed by atoms with Crippen molar-refractivity contribution in [2.75, 3.05) is 0 Å². The maximum absolute atomic E-state index is 12.0. The molecule has 7 heteroatoms. The quantitative estimate of drug-likeness (QED) is 0.707. The van der Waals surface area contributed by atoms with E-state index >= 15 is 0 Å². The summed E-state index contributed by atoms with van der Waals surface area (Å²) in [5.41, 5.74) is 7.50. The molecule has 0 saturated carbocycles. The summed E-state index contributed by atoms with van der Waals surface area (Å²) in [5, 5.41) is 16.0. The first-order chi connectivity index (χ1) is 11.3. The first-order valence-electron chi connectivity index (χ1n) is 7.43. The summed E-state index contributed by atoms with van der Waals surface area (Å²) in [5.74, 6) is 0. The van der Waals surface area contributed by atoms with Crippen LogP contribution in [0.25, 0.3) is 10.9 Å². The summed E-state index contributed by atoms with van der Waals surface area (Å²) in [7, 11) is 0. The van der Waals surface area contributed by atoms with Gasteiger partial charge in [-0.15, -0.1) is 0 Å². The molecular formula is C17H19ClN4OS. The number of benzene rings is 1. The van der Waals surface area contributed by atoms with Crippen LogP contribution in [-0.2, 0) is 11.8 Å². The maximum atomic E-state index is 12.0. The van der Waals surface area contributed by atoms with Crippen LogP contribution in [0, 0.1) is 11.3 Å². The molecule has 5 N–H and O–H groups in total. The van der Waals surface area contributed by atoms with Crippen molar-refractivity contribution >= 4 is 34.5 Å². The smallest absolute Gasteiger partial charge is 0.251 e. The number of aromatic nitrogens is 1. The van der Waals surface area contributed by atoms with E-state index in [4.69, 9.17) is 22.5 Å². The SMILES string of the molecule is CCc1cc2ccc(C(C)(C#N)C/C(N)=C(\Cl)SN)cc2[nH]c1=O. The minimum absolute atomic E-state index is 0.109. The van der Waals surface area contributed by atoms with Gasteiger partial charge in [0.1, 0.15) is 4.36 Å². The molecule has 0 fully saturated rings. The van der Waals surface area contributed by atoms with Crippen molar-refractivity contribution in [1.82, 2.24) is 4.98 Å². The summed E-state index contributed by atoms with van der Waals surface area (Å²) in [6, 6.07) is 9.75. The molecule has 0 aliphatic carbocycles. The highest BCUT2D eigenvalue weighted by molar-refractivity contribution is 8.02. The van der Waals surface area contributed by atoms with Gasteiger partial charge in [-0.05, 0) is 48.4 Å². The fourth-order valence-corrected chi connectivity index (χ4v) is 2.87. The van der Waals surface area contributed by atoms with Crippen molar-refractivity contribution in [1.29, 1.82) is 5.26 Å². The topological polar surface area (TPSA) is 109 Å². The summed E-state index contributed by atoms with van der Waals surface area (Å²) < 4.78 is 0.276. The van der Waals surface area contributed by atoms with Gasteiger partial charge < -0.3 is 10.7 Å². The number of hydrogen-bond acceptors (Lipinski definition) is 5.